The van der Waals surface area contributed by atoms with E-state index >= 15 is 0 Å². The Hall–Kier alpha value is -0.570. The molecule has 62 valence electrons. The number of nitrogens with zero attached hydrogens (tertiary/aromatic N) is 1. The SMILES string of the molecule is CC(C)(C)C1OC(=O)N=C1Cl. The quantitative estimate of drug-likeness (QED) is 0.566. The molecule has 1 aliphatic rings. The molecule has 0 spiro atoms. The van der Waals surface area contributed by atoms with Gasteiger partial charge < -0.3 is 4.74 Å². The second-order valence-electron chi connectivity index (χ2n) is 3.56. The second kappa shape index (κ2) is 2.48. The van der Waals surface area contributed by atoms with Gasteiger partial charge in [0.2, 0.25) is 0 Å². The molecule has 3 nitrogen and oxygen atoms in total. The maximum atomic E-state index is 10.6. The first kappa shape index (κ1) is 8.53. The third-order valence-electron chi connectivity index (χ3n) is 1.42. The monoisotopic (exact) mass is 175 g/mol. The van der Waals surface area contributed by atoms with Crippen molar-refractivity contribution in [2.75, 3.05) is 0 Å². The largest absolute Gasteiger partial charge is 0.437 e. The van der Waals surface area contributed by atoms with Crippen molar-refractivity contribution in [3.63, 3.8) is 0 Å². The molecule has 1 heterocycles. The van der Waals surface area contributed by atoms with Crippen LogP contribution in [0.15, 0.2) is 4.99 Å². The number of hydrogen-bond donors (Lipinski definition) is 0. The number of rotatable bonds is 0. The molecule has 0 fully saturated rings. The van der Waals surface area contributed by atoms with Gasteiger partial charge in [0, 0.05) is 5.41 Å². The van der Waals surface area contributed by atoms with Crippen molar-refractivity contribution in [1.29, 1.82) is 0 Å². The van der Waals surface area contributed by atoms with Crippen LogP contribution in [-0.2, 0) is 4.74 Å². The average molecular weight is 176 g/mol. The fourth-order valence-corrected chi connectivity index (χ4v) is 1.30. The van der Waals surface area contributed by atoms with Crippen molar-refractivity contribution in [3.05, 3.63) is 0 Å². The molecule has 0 saturated carbocycles. The number of ether oxygens (including phenoxy) is 1. The molecule has 4 heteroatoms. The Balaban J connectivity index is 2.80. The molecule has 0 aromatic rings. The summed E-state index contributed by atoms with van der Waals surface area (Å²) in [6, 6.07) is 0. The standard InChI is InChI=1S/C7H10ClNO2/c1-7(2,3)4-5(8)9-6(10)11-4/h4H,1-3H3. The smallest absolute Gasteiger partial charge is 0.435 e. The van der Waals surface area contributed by atoms with E-state index in [2.05, 4.69) is 4.99 Å². The van der Waals surface area contributed by atoms with Crippen molar-refractivity contribution in [2.45, 2.75) is 26.9 Å². The minimum Gasteiger partial charge on any atom is -0.437 e. The average Bonchev–Trinajstić information content (AvgIpc) is 2.08. The molecule has 0 aromatic carbocycles. The lowest BCUT2D eigenvalue weighted by Crippen LogP contribution is -2.31. The summed E-state index contributed by atoms with van der Waals surface area (Å²) < 4.78 is 4.86. The van der Waals surface area contributed by atoms with Crippen molar-refractivity contribution in [2.24, 2.45) is 10.4 Å². The second-order valence-corrected chi connectivity index (χ2v) is 3.95. The maximum absolute atomic E-state index is 10.6. The Morgan fingerprint density at radius 2 is 2.09 bits per heavy atom. The van der Waals surface area contributed by atoms with E-state index in [1.807, 2.05) is 20.8 Å². The van der Waals surface area contributed by atoms with E-state index in [4.69, 9.17) is 16.3 Å². The van der Waals surface area contributed by atoms with Crippen molar-refractivity contribution >= 4 is 22.9 Å². The first-order valence-corrected chi connectivity index (χ1v) is 3.74. The molecule has 1 unspecified atom stereocenters. The number of carbonyl (C=O) groups is 1. The zero-order valence-corrected chi connectivity index (χ0v) is 7.47. The molecule has 1 rings (SSSR count). The van der Waals surface area contributed by atoms with Gasteiger partial charge in [0.15, 0.2) is 11.3 Å². The Kier molecular flexibility index (Phi) is 1.92. The van der Waals surface area contributed by atoms with Gasteiger partial charge in [-0.05, 0) is 0 Å². The van der Waals surface area contributed by atoms with Gasteiger partial charge in [-0.1, -0.05) is 32.4 Å². The van der Waals surface area contributed by atoms with Gasteiger partial charge in [0.25, 0.3) is 0 Å². The van der Waals surface area contributed by atoms with Gasteiger partial charge in [-0.15, -0.1) is 0 Å². The van der Waals surface area contributed by atoms with Gasteiger partial charge in [-0.2, -0.15) is 4.99 Å². The molecule has 0 aromatic heterocycles. The summed E-state index contributed by atoms with van der Waals surface area (Å²) in [6.45, 7) is 5.82. The topological polar surface area (TPSA) is 38.7 Å². The molecule has 11 heavy (non-hydrogen) atoms. The summed E-state index contributed by atoms with van der Waals surface area (Å²) in [4.78, 5) is 14.1. The molecular formula is C7H10ClNO2. The Morgan fingerprint density at radius 1 is 1.55 bits per heavy atom. The summed E-state index contributed by atoms with van der Waals surface area (Å²) in [6.07, 6.45) is -0.966. The van der Waals surface area contributed by atoms with E-state index < -0.39 is 6.09 Å². The first-order valence-electron chi connectivity index (χ1n) is 3.36. The maximum Gasteiger partial charge on any atom is 0.435 e. The van der Waals surface area contributed by atoms with Gasteiger partial charge >= 0.3 is 6.09 Å². The van der Waals surface area contributed by atoms with Crippen LogP contribution in [-0.4, -0.2) is 17.4 Å². The van der Waals surface area contributed by atoms with Crippen LogP contribution in [0.4, 0.5) is 4.79 Å². The number of carbonyl (C=O) groups excluding carboxylic acids is 1. The third-order valence-corrected chi connectivity index (χ3v) is 1.70. The molecule has 1 atom stereocenters. The van der Waals surface area contributed by atoms with E-state index in [9.17, 15) is 4.79 Å². The predicted molar refractivity (Wildman–Crippen MR) is 43.0 cm³/mol. The van der Waals surface area contributed by atoms with Gasteiger partial charge in [0.05, 0.1) is 0 Å². The van der Waals surface area contributed by atoms with Crippen LogP contribution >= 0.6 is 11.6 Å². The Morgan fingerprint density at radius 3 is 2.27 bits per heavy atom. The predicted octanol–water partition coefficient (Wildman–Crippen LogP) is 2.19. The molecular weight excluding hydrogens is 166 g/mol. The van der Waals surface area contributed by atoms with Crippen molar-refractivity contribution in [1.82, 2.24) is 0 Å². The van der Waals surface area contributed by atoms with E-state index in [0.29, 0.717) is 0 Å². The first-order chi connectivity index (χ1) is 4.91. The van der Waals surface area contributed by atoms with Crippen LogP contribution in [0.5, 0.6) is 0 Å². The lowest BCUT2D eigenvalue weighted by Gasteiger charge is -2.23. The molecule has 1 aliphatic heterocycles. The van der Waals surface area contributed by atoms with Gasteiger partial charge in [-0.3, -0.25) is 0 Å². The molecule has 0 bridgehead atoms. The highest BCUT2D eigenvalue weighted by atomic mass is 35.5. The number of amides is 1. The molecule has 0 saturated heterocycles. The summed E-state index contributed by atoms with van der Waals surface area (Å²) in [5.41, 5.74) is -0.174. The van der Waals surface area contributed by atoms with Crippen molar-refractivity contribution < 1.29 is 9.53 Å². The highest BCUT2D eigenvalue weighted by Crippen LogP contribution is 2.28. The van der Waals surface area contributed by atoms with Crippen LogP contribution in [0.25, 0.3) is 0 Å². The minimum atomic E-state index is -0.588. The van der Waals surface area contributed by atoms with Crippen LogP contribution in [0.2, 0.25) is 0 Å². The summed E-state index contributed by atoms with van der Waals surface area (Å²) >= 11 is 5.66. The number of hydrogen-bond acceptors (Lipinski definition) is 2. The fourth-order valence-electron chi connectivity index (χ4n) is 0.856. The normalized spacial score (nSPS) is 24.9. The summed E-state index contributed by atoms with van der Waals surface area (Å²) in [5.74, 6) is 0. The van der Waals surface area contributed by atoms with E-state index in [0.717, 1.165) is 0 Å². The minimum absolute atomic E-state index is 0.174. The van der Waals surface area contributed by atoms with E-state index in [1.165, 1.54) is 0 Å². The van der Waals surface area contributed by atoms with Gasteiger partial charge in [0.1, 0.15) is 0 Å². The highest BCUT2D eigenvalue weighted by molar-refractivity contribution is 6.67. The fraction of sp³-hybridized carbons (Fsp3) is 0.714. The molecule has 0 aliphatic carbocycles. The van der Waals surface area contributed by atoms with Crippen LogP contribution in [0.1, 0.15) is 20.8 Å². The number of halogens is 1. The zero-order chi connectivity index (χ0) is 8.65. The number of aliphatic imine (C=N–C) groups is 1. The van der Waals surface area contributed by atoms with E-state index in [-0.39, 0.29) is 16.7 Å². The molecule has 0 N–H and O–H groups in total. The lowest BCUT2D eigenvalue weighted by atomic mass is 9.90. The lowest BCUT2D eigenvalue weighted by molar-refractivity contribution is 0.0931. The highest BCUT2D eigenvalue weighted by Gasteiger charge is 2.36. The molecule has 0 radical (unpaired) electrons. The summed E-state index contributed by atoms with van der Waals surface area (Å²) in [7, 11) is 0. The van der Waals surface area contributed by atoms with Crippen LogP contribution < -0.4 is 0 Å². The summed E-state index contributed by atoms with van der Waals surface area (Å²) in [5, 5.41) is 0.252. The van der Waals surface area contributed by atoms with Crippen LogP contribution in [0.3, 0.4) is 0 Å². The van der Waals surface area contributed by atoms with Crippen molar-refractivity contribution in [3.8, 4) is 0 Å². The Labute approximate surface area is 70.4 Å². The molecule has 1 amide bonds. The van der Waals surface area contributed by atoms with Crippen LogP contribution in [0, 0.1) is 5.41 Å². The third kappa shape index (κ3) is 1.71. The Bertz CT molecular complexity index is 217. The number of cyclic esters (lactones) is 1. The van der Waals surface area contributed by atoms with E-state index in [1.54, 1.807) is 0 Å². The zero-order valence-electron chi connectivity index (χ0n) is 6.72. The van der Waals surface area contributed by atoms with Gasteiger partial charge in [-0.25, -0.2) is 4.79 Å².